The number of morpholine rings is 1. The van der Waals surface area contributed by atoms with Gasteiger partial charge in [0.15, 0.2) is 11.5 Å². The van der Waals surface area contributed by atoms with Gasteiger partial charge in [-0.15, -0.1) is 0 Å². The molecule has 2 aromatic rings. The molecule has 0 radical (unpaired) electrons. The van der Waals surface area contributed by atoms with E-state index in [1.54, 1.807) is 6.92 Å². The number of fused-ring (bicyclic) bond motifs is 5. The minimum absolute atomic E-state index is 0.0250. The SMILES string of the molecule is CCOC(=O)CCC(=O)c1nc2ccccc2n(C2C[C@H]3COC[C@@H](C2)N3C2CC3CCCCC(C3)C2)c1=O. The highest BCUT2D eigenvalue weighted by molar-refractivity contribution is 5.97. The van der Waals surface area contributed by atoms with E-state index >= 15 is 0 Å². The van der Waals surface area contributed by atoms with Gasteiger partial charge in [-0.25, -0.2) is 4.98 Å². The van der Waals surface area contributed by atoms with E-state index in [1.165, 1.54) is 44.9 Å². The van der Waals surface area contributed by atoms with Crippen LogP contribution in [0.15, 0.2) is 29.1 Å². The summed E-state index contributed by atoms with van der Waals surface area (Å²) in [4.78, 5) is 46.1. The fourth-order valence-electron chi connectivity index (χ4n) is 8.10. The van der Waals surface area contributed by atoms with Gasteiger partial charge in [-0.05, 0) is 63.0 Å². The van der Waals surface area contributed by atoms with Crippen molar-refractivity contribution in [2.45, 2.75) is 102 Å². The molecule has 1 aromatic heterocycles. The van der Waals surface area contributed by atoms with E-state index < -0.39 is 11.8 Å². The second-order valence-corrected chi connectivity index (χ2v) is 12.1. The zero-order valence-corrected chi connectivity index (χ0v) is 23.1. The monoisotopic (exact) mass is 535 g/mol. The number of piperidine rings is 1. The Balaban J connectivity index is 1.28. The average molecular weight is 536 g/mol. The molecule has 0 spiro atoms. The molecular weight excluding hydrogens is 494 g/mol. The summed E-state index contributed by atoms with van der Waals surface area (Å²) < 4.78 is 12.9. The molecule has 0 N–H and O–H groups in total. The third-order valence-corrected chi connectivity index (χ3v) is 9.61. The number of hydrogen-bond donors (Lipinski definition) is 0. The minimum atomic E-state index is -0.435. The van der Waals surface area contributed by atoms with E-state index in [4.69, 9.17) is 9.47 Å². The van der Waals surface area contributed by atoms with Crippen molar-refractivity contribution < 1.29 is 19.1 Å². The quantitative estimate of drug-likeness (QED) is 0.375. The molecule has 2 saturated heterocycles. The van der Waals surface area contributed by atoms with Crippen molar-refractivity contribution in [3.8, 4) is 0 Å². The lowest BCUT2D eigenvalue weighted by molar-refractivity contribution is -0.143. The van der Waals surface area contributed by atoms with Crippen LogP contribution in [0.2, 0.25) is 0 Å². The Morgan fingerprint density at radius 1 is 0.923 bits per heavy atom. The number of ketones is 1. The summed E-state index contributed by atoms with van der Waals surface area (Å²) in [5, 5.41) is 0. The van der Waals surface area contributed by atoms with Crippen molar-refractivity contribution in [1.82, 2.24) is 14.5 Å². The van der Waals surface area contributed by atoms with E-state index in [2.05, 4.69) is 9.88 Å². The second-order valence-electron chi connectivity index (χ2n) is 12.1. The highest BCUT2D eigenvalue weighted by atomic mass is 16.5. The summed E-state index contributed by atoms with van der Waals surface area (Å²) in [5.74, 6) is 0.865. The van der Waals surface area contributed by atoms with E-state index in [-0.39, 0.29) is 48.8 Å². The Bertz CT molecular complexity index is 1250. The fraction of sp³-hybridized carbons (Fsp3) is 0.677. The van der Waals surface area contributed by atoms with Crippen LogP contribution >= 0.6 is 0 Å². The molecule has 4 aliphatic rings. The van der Waals surface area contributed by atoms with Crippen molar-refractivity contribution in [2.75, 3.05) is 19.8 Å². The van der Waals surface area contributed by atoms with Gasteiger partial charge in [0.05, 0.1) is 37.3 Å². The van der Waals surface area contributed by atoms with E-state index in [1.807, 2.05) is 28.8 Å². The Morgan fingerprint density at radius 3 is 2.31 bits per heavy atom. The van der Waals surface area contributed by atoms with E-state index in [9.17, 15) is 14.4 Å². The molecular formula is C31H41N3O5. The maximum Gasteiger partial charge on any atom is 0.306 e. The number of esters is 1. The Hall–Kier alpha value is -2.58. The third-order valence-electron chi connectivity index (χ3n) is 9.61. The zero-order chi connectivity index (χ0) is 26.9. The molecule has 4 fully saturated rings. The number of carbonyl (C=O) groups excluding carboxylic acids is 2. The molecule has 5 atom stereocenters. The van der Waals surface area contributed by atoms with Crippen LogP contribution in [0.1, 0.15) is 94.1 Å². The number of carbonyl (C=O) groups is 2. The first-order valence-electron chi connectivity index (χ1n) is 15.1. The lowest BCUT2D eigenvalue weighted by atomic mass is 9.75. The Labute approximate surface area is 230 Å². The van der Waals surface area contributed by atoms with Gasteiger partial charge < -0.3 is 14.0 Å². The molecule has 3 heterocycles. The molecule has 4 bridgehead atoms. The topological polar surface area (TPSA) is 90.7 Å². The summed E-state index contributed by atoms with van der Waals surface area (Å²) in [6, 6.07) is 8.72. The largest absolute Gasteiger partial charge is 0.466 e. The van der Waals surface area contributed by atoms with Gasteiger partial charge in [-0.1, -0.05) is 37.8 Å². The first-order valence-corrected chi connectivity index (χ1v) is 15.1. The maximum absolute atomic E-state index is 13.9. The normalized spacial score (nSPS) is 31.0. The van der Waals surface area contributed by atoms with Crippen molar-refractivity contribution in [1.29, 1.82) is 0 Å². The number of Topliss-reactive ketones (excluding diaryl/α,β-unsaturated/α-hetero) is 1. The fourth-order valence-corrected chi connectivity index (χ4v) is 8.10. The van der Waals surface area contributed by atoms with Crippen LogP contribution in [0.5, 0.6) is 0 Å². The Morgan fingerprint density at radius 2 is 1.62 bits per heavy atom. The molecule has 8 heteroatoms. The van der Waals surface area contributed by atoms with Gasteiger partial charge in [0.1, 0.15) is 0 Å². The molecule has 2 aliphatic heterocycles. The van der Waals surface area contributed by atoms with E-state index in [0.29, 0.717) is 24.8 Å². The number of ether oxygens (including phenoxy) is 2. The number of aromatic nitrogens is 2. The molecule has 2 saturated carbocycles. The second kappa shape index (κ2) is 11.5. The van der Waals surface area contributed by atoms with Crippen LogP contribution in [0.4, 0.5) is 0 Å². The lowest BCUT2D eigenvalue weighted by Gasteiger charge is -2.54. The lowest BCUT2D eigenvalue weighted by Crippen LogP contribution is -2.62. The van der Waals surface area contributed by atoms with Crippen molar-refractivity contribution >= 4 is 22.8 Å². The van der Waals surface area contributed by atoms with Crippen LogP contribution in [-0.2, 0) is 14.3 Å². The smallest absolute Gasteiger partial charge is 0.306 e. The summed E-state index contributed by atoms with van der Waals surface area (Å²) in [7, 11) is 0. The van der Waals surface area contributed by atoms with Gasteiger partial charge in [-0.2, -0.15) is 0 Å². The van der Waals surface area contributed by atoms with Crippen LogP contribution in [-0.4, -0.2) is 64.1 Å². The molecule has 2 aliphatic carbocycles. The molecule has 1 aromatic carbocycles. The van der Waals surface area contributed by atoms with Crippen LogP contribution in [0.3, 0.4) is 0 Å². The zero-order valence-electron chi connectivity index (χ0n) is 23.1. The van der Waals surface area contributed by atoms with Crippen molar-refractivity contribution in [3.05, 3.63) is 40.3 Å². The average Bonchev–Trinajstić information content (AvgIpc) is 3.10. The van der Waals surface area contributed by atoms with Crippen LogP contribution in [0.25, 0.3) is 11.0 Å². The van der Waals surface area contributed by atoms with Gasteiger partial charge in [0.2, 0.25) is 0 Å². The van der Waals surface area contributed by atoms with Gasteiger partial charge in [-0.3, -0.25) is 19.3 Å². The van der Waals surface area contributed by atoms with Crippen molar-refractivity contribution in [3.63, 3.8) is 0 Å². The third kappa shape index (κ3) is 5.42. The van der Waals surface area contributed by atoms with Crippen LogP contribution < -0.4 is 5.56 Å². The number of hydrogen-bond acceptors (Lipinski definition) is 7. The Kier molecular flexibility index (Phi) is 7.85. The van der Waals surface area contributed by atoms with Crippen LogP contribution in [0, 0.1) is 11.8 Å². The molecule has 39 heavy (non-hydrogen) atoms. The first-order chi connectivity index (χ1) is 19.0. The highest BCUT2D eigenvalue weighted by Crippen LogP contribution is 2.44. The molecule has 6 rings (SSSR count). The number of nitrogens with zero attached hydrogens (tertiary/aromatic N) is 3. The number of para-hydroxylation sites is 2. The standard InChI is InChI=1S/C31H41N3O5/c1-2-39-29(36)12-11-28(35)30-31(37)34(27-10-6-5-9-26(27)32-30)23-16-24-18-38-19-25(17-23)33(24)22-14-20-7-3-4-8-21(13-20)15-22/h5-6,9-10,20-25H,2-4,7-8,11-19H2,1H3/t20?,21?,22?,23?,24-,25+. The van der Waals surface area contributed by atoms with Gasteiger partial charge in [0, 0.05) is 30.6 Å². The predicted octanol–water partition coefficient (Wildman–Crippen LogP) is 4.69. The number of rotatable bonds is 7. The predicted molar refractivity (Wildman–Crippen MR) is 148 cm³/mol. The highest BCUT2D eigenvalue weighted by Gasteiger charge is 2.46. The van der Waals surface area contributed by atoms with E-state index in [0.717, 1.165) is 30.2 Å². The summed E-state index contributed by atoms with van der Waals surface area (Å²) >= 11 is 0. The summed E-state index contributed by atoms with van der Waals surface area (Å²) in [6.07, 6.45) is 11.0. The first kappa shape index (κ1) is 26.6. The van der Waals surface area contributed by atoms with Crippen molar-refractivity contribution in [2.24, 2.45) is 11.8 Å². The molecule has 210 valence electrons. The molecule has 0 amide bonds. The summed E-state index contributed by atoms with van der Waals surface area (Å²) in [5.41, 5.74) is 0.990. The molecule has 3 unspecified atom stereocenters. The summed E-state index contributed by atoms with van der Waals surface area (Å²) in [6.45, 7) is 3.39. The minimum Gasteiger partial charge on any atom is -0.466 e. The molecule has 8 nitrogen and oxygen atoms in total. The van der Waals surface area contributed by atoms with Gasteiger partial charge in [0.25, 0.3) is 5.56 Å². The number of benzene rings is 1. The van der Waals surface area contributed by atoms with Gasteiger partial charge >= 0.3 is 5.97 Å². The maximum atomic E-state index is 13.9.